The van der Waals surface area contributed by atoms with Gasteiger partial charge in [0.15, 0.2) is 0 Å². The summed E-state index contributed by atoms with van der Waals surface area (Å²) in [5.74, 6) is -1.89. The van der Waals surface area contributed by atoms with Crippen LogP contribution in [0.5, 0.6) is 0 Å². The van der Waals surface area contributed by atoms with Gasteiger partial charge in [0.2, 0.25) is 0 Å². The van der Waals surface area contributed by atoms with Gasteiger partial charge in [0.1, 0.15) is 11.9 Å². The molecule has 116 valence electrons. The Bertz CT molecular complexity index is 541. The minimum Gasteiger partial charge on any atom is -0.467 e. The van der Waals surface area contributed by atoms with Crippen molar-refractivity contribution in [3.63, 3.8) is 0 Å². The number of carbonyl (C=O) groups excluding carboxylic acids is 2. The number of halogens is 1. The molecule has 0 radical (unpaired) electrons. The Labute approximate surface area is 124 Å². The molecule has 1 aromatic carbocycles. The van der Waals surface area contributed by atoms with Gasteiger partial charge in [-0.05, 0) is 42.5 Å². The number of hydrogen-bond acceptors (Lipinski definition) is 3. The van der Waals surface area contributed by atoms with Crippen molar-refractivity contribution in [3.05, 3.63) is 34.6 Å². The maximum Gasteiger partial charge on any atom is 0.328 e. The van der Waals surface area contributed by atoms with Gasteiger partial charge in [-0.25, -0.2) is 9.18 Å². The first-order chi connectivity index (χ1) is 9.81. The Morgan fingerprint density at radius 1 is 1.33 bits per heavy atom. The molecule has 1 amide bonds. The molecule has 0 aliphatic carbocycles. The summed E-state index contributed by atoms with van der Waals surface area (Å²) in [5, 5.41) is 2.54. The summed E-state index contributed by atoms with van der Waals surface area (Å²) < 4.78 is 18.6. The standard InChI is InChI=1S/C16H22FNO3/c1-6-11-8-12(13(17)7-10(11)4)15(19)18-14(9(2)3)16(20)21-5/h7-9,14H,6H2,1-5H3,(H,18,19). The van der Waals surface area contributed by atoms with Crippen molar-refractivity contribution in [1.29, 1.82) is 0 Å². The number of methoxy groups -OCH3 is 1. The lowest BCUT2D eigenvalue weighted by Crippen LogP contribution is -2.45. The number of esters is 1. The van der Waals surface area contributed by atoms with Crippen molar-refractivity contribution in [2.45, 2.75) is 40.2 Å². The molecule has 4 nitrogen and oxygen atoms in total. The van der Waals surface area contributed by atoms with Crippen LogP contribution in [0.4, 0.5) is 4.39 Å². The normalized spacial score (nSPS) is 12.1. The van der Waals surface area contributed by atoms with E-state index in [0.29, 0.717) is 6.42 Å². The highest BCUT2D eigenvalue weighted by molar-refractivity contribution is 5.97. The van der Waals surface area contributed by atoms with E-state index >= 15 is 0 Å². The molecule has 0 spiro atoms. The Morgan fingerprint density at radius 2 is 1.95 bits per heavy atom. The zero-order valence-electron chi connectivity index (χ0n) is 13.1. The van der Waals surface area contributed by atoms with Crippen LogP contribution in [0.3, 0.4) is 0 Å². The van der Waals surface area contributed by atoms with Gasteiger partial charge in [-0.2, -0.15) is 0 Å². The largest absolute Gasteiger partial charge is 0.467 e. The molecular weight excluding hydrogens is 273 g/mol. The van der Waals surface area contributed by atoms with Gasteiger partial charge in [0, 0.05) is 0 Å². The highest BCUT2D eigenvalue weighted by Gasteiger charge is 2.26. The van der Waals surface area contributed by atoms with Crippen molar-refractivity contribution >= 4 is 11.9 Å². The zero-order chi connectivity index (χ0) is 16.2. The van der Waals surface area contributed by atoms with Crippen molar-refractivity contribution in [3.8, 4) is 0 Å². The van der Waals surface area contributed by atoms with Crippen LogP contribution in [-0.2, 0) is 16.0 Å². The highest BCUT2D eigenvalue weighted by atomic mass is 19.1. The molecule has 1 N–H and O–H groups in total. The van der Waals surface area contributed by atoms with Gasteiger partial charge in [0.25, 0.3) is 5.91 Å². The number of rotatable bonds is 5. The van der Waals surface area contributed by atoms with E-state index in [4.69, 9.17) is 0 Å². The number of aryl methyl sites for hydroxylation is 2. The lowest BCUT2D eigenvalue weighted by molar-refractivity contribution is -0.144. The van der Waals surface area contributed by atoms with Gasteiger partial charge in [0.05, 0.1) is 12.7 Å². The second-order valence-corrected chi connectivity index (χ2v) is 5.33. The van der Waals surface area contributed by atoms with Gasteiger partial charge < -0.3 is 10.1 Å². The minimum absolute atomic E-state index is 0.0491. The van der Waals surface area contributed by atoms with E-state index in [9.17, 15) is 14.0 Å². The predicted molar refractivity (Wildman–Crippen MR) is 78.6 cm³/mol. The Balaban J connectivity index is 3.05. The summed E-state index contributed by atoms with van der Waals surface area (Å²) in [5.41, 5.74) is 1.66. The van der Waals surface area contributed by atoms with Crippen molar-refractivity contribution in [1.82, 2.24) is 5.32 Å². The van der Waals surface area contributed by atoms with Crippen LogP contribution in [0.1, 0.15) is 42.3 Å². The summed E-state index contributed by atoms with van der Waals surface area (Å²) >= 11 is 0. The summed E-state index contributed by atoms with van der Waals surface area (Å²) in [6, 6.07) is 2.08. The van der Waals surface area contributed by atoms with Crippen LogP contribution >= 0.6 is 0 Å². The average molecular weight is 295 g/mol. The minimum atomic E-state index is -0.798. The fourth-order valence-corrected chi connectivity index (χ4v) is 2.12. The molecule has 1 aromatic rings. The quantitative estimate of drug-likeness (QED) is 0.850. The molecule has 0 aromatic heterocycles. The van der Waals surface area contributed by atoms with E-state index < -0.39 is 23.7 Å². The molecule has 0 aliphatic heterocycles. The molecule has 0 saturated heterocycles. The third-order valence-electron chi connectivity index (χ3n) is 3.46. The Kier molecular flexibility index (Phi) is 5.88. The Hall–Kier alpha value is -1.91. The van der Waals surface area contributed by atoms with E-state index in [1.165, 1.54) is 19.2 Å². The van der Waals surface area contributed by atoms with Crippen molar-refractivity contribution in [2.75, 3.05) is 7.11 Å². The molecule has 1 rings (SSSR count). The summed E-state index contributed by atoms with van der Waals surface area (Å²) in [7, 11) is 1.26. The number of nitrogens with one attached hydrogen (secondary N) is 1. The lowest BCUT2D eigenvalue weighted by Gasteiger charge is -2.20. The van der Waals surface area contributed by atoms with Crippen LogP contribution in [0.15, 0.2) is 12.1 Å². The number of carbonyl (C=O) groups is 2. The van der Waals surface area contributed by atoms with Gasteiger partial charge in [-0.3, -0.25) is 4.79 Å². The molecular formula is C16H22FNO3. The maximum atomic E-state index is 14.0. The molecule has 5 heteroatoms. The second-order valence-electron chi connectivity index (χ2n) is 5.33. The van der Waals surface area contributed by atoms with E-state index in [1.54, 1.807) is 20.8 Å². The van der Waals surface area contributed by atoms with Crippen LogP contribution in [0.2, 0.25) is 0 Å². The van der Waals surface area contributed by atoms with E-state index in [-0.39, 0.29) is 11.5 Å². The molecule has 1 atom stereocenters. The first kappa shape index (κ1) is 17.1. The van der Waals surface area contributed by atoms with Crippen LogP contribution in [-0.4, -0.2) is 25.0 Å². The number of hydrogen-bond donors (Lipinski definition) is 1. The Morgan fingerprint density at radius 3 is 2.43 bits per heavy atom. The number of benzene rings is 1. The molecule has 21 heavy (non-hydrogen) atoms. The topological polar surface area (TPSA) is 55.4 Å². The fraction of sp³-hybridized carbons (Fsp3) is 0.500. The van der Waals surface area contributed by atoms with E-state index in [2.05, 4.69) is 10.1 Å². The van der Waals surface area contributed by atoms with Crippen molar-refractivity contribution < 1.29 is 18.7 Å². The third kappa shape index (κ3) is 4.03. The average Bonchev–Trinajstić information content (AvgIpc) is 2.43. The molecule has 0 aliphatic rings. The smallest absolute Gasteiger partial charge is 0.328 e. The van der Waals surface area contributed by atoms with Gasteiger partial charge in [-0.1, -0.05) is 20.8 Å². The predicted octanol–water partition coefficient (Wildman–Crippen LogP) is 2.62. The first-order valence-corrected chi connectivity index (χ1v) is 6.99. The molecule has 0 saturated carbocycles. The van der Waals surface area contributed by atoms with E-state index in [0.717, 1.165) is 11.1 Å². The molecule has 0 fully saturated rings. The lowest BCUT2D eigenvalue weighted by atomic mass is 10.0. The highest BCUT2D eigenvalue weighted by Crippen LogP contribution is 2.17. The zero-order valence-corrected chi connectivity index (χ0v) is 13.1. The van der Waals surface area contributed by atoms with E-state index in [1.807, 2.05) is 6.92 Å². The first-order valence-electron chi connectivity index (χ1n) is 6.99. The summed E-state index contributed by atoms with van der Waals surface area (Å²) in [4.78, 5) is 23.9. The molecule has 0 bridgehead atoms. The molecule has 1 unspecified atom stereocenters. The van der Waals surface area contributed by atoms with Gasteiger partial charge in [-0.15, -0.1) is 0 Å². The summed E-state index contributed by atoms with van der Waals surface area (Å²) in [6.45, 7) is 7.30. The number of ether oxygens (including phenoxy) is 1. The summed E-state index contributed by atoms with van der Waals surface area (Å²) in [6.07, 6.45) is 0.705. The SMILES string of the molecule is CCc1cc(C(=O)NC(C(=O)OC)C(C)C)c(F)cc1C. The van der Waals surface area contributed by atoms with Crippen molar-refractivity contribution in [2.24, 2.45) is 5.92 Å². The second kappa shape index (κ2) is 7.20. The van der Waals surface area contributed by atoms with Gasteiger partial charge >= 0.3 is 5.97 Å². The van der Waals surface area contributed by atoms with Crippen LogP contribution in [0, 0.1) is 18.7 Å². The third-order valence-corrected chi connectivity index (χ3v) is 3.46. The monoisotopic (exact) mass is 295 g/mol. The number of amides is 1. The van der Waals surface area contributed by atoms with Crippen LogP contribution < -0.4 is 5.32 Å². The van der Waals surface area contributed by atoms with Crippen LogP contribution in [0.25, 0.3) is 0 Å². The maximum absolute atomic E-state index is 14.0. The fourth-order valence-electron chi connectivity index (χ4n) is 2.12. The molecule has 0 heterocycles.